The van der Waals surface area contributed by atoms with Crippen LogP contribution in [-0.4, -0.2) is 11.4 Å². The summed E-state index contributed by atoms with van der Waals surface area (Å²) in [5.41, 5.74) is 10.6. The van der Waals surface area contributed by atoms with Crippen molar-refractivity contribution in [2.24, 2.45) is 9.98 Å². The quantitative estimate of drug-likeness (QED) is 0.0662. The molecule has 0 saturated carbocycles. The first-order valence-corrected chi connectivity index (χ1v) is 18.0. The van der Waals surface area contributed by atoms with Gasteiger partial charge in [0, 0.05) is 16.5 Å². The molecule has 3 heteroatoms. The molecule has 244 valence electrons. The zero-order chi connectivity index (χ0) is 30.4. The summed E-state index contributed by atoms with van der Waals surface area (Å²) in [6, 6.07) is 14.0. The first-order chi connectivity index (χ1) is 20.6. The van der Waals surface area contributed by atoms with E-state index in [1.165, 1.54) is 124 Å². The van der Waals surface area contributed by atoms with E-state index in [9.17, 15) is 0 Å². The first kappa shape index (κ1) is 39.3. The number of rotatable bonds is 23. The summed E-state index contributed by atoms with van der Waals surface area (Å²) in [5.74, 6) is 0. The zero-order valence-corrected chi connectivity index (χ0v) is 29.8. The minimum atomic E-state index is 0. The van der Waals surface area contributed by atoms with Gasteiger partial charge in [-0.1, -0.05) is 131 Å². The Bertz CT molecular complexity index is 1070. The Kier molecular flexibility index (Phi) is 22.5. The molecule has 2 nitrogen and oxygen atoms in total. The average Bonchev–Trinajstić information content (AvgIpc) is 2.99. The monoisotopic (exact) mass is 630 g/mol. The molecule has 0 unspecified atom stereocenters. The van der Waals surface area contributed by atoms with Crippen LogP contribution in [0.3, 0.4) is 0 Å². The van der Waals surface area contributed by atoms with Crippen molar-refractivity contribution >= 4 is 22.8 Å². The van der Waals surface area contributed by atoms with Crippen LogP contribution in [0.5, 0.6) is 0 Å². The third-order valence-corrected chi connectivity index (χ3v) is 8.35. The van der Waals surface area contributed by atoms with Gasteiger partial charge in [-0.25, -0.2) is 0 Å². The van der Waals surface area contributed by atoms with Gasteiger partial charge in [-0.3, -0.25) is 9.98 Å². The van der Waals surface area contributed by atoms with Crippen molar-refractivity contribution < 1.29 is 16.5 Å². The molecule has 0 N–H and O–H groups in total. The number of benzene rings is 2. The van der Waals surface area contributed by atoms with Crippen LogP contribution in [0.1, 0.15) is 167 Å². The number of hydrogen-bond donors (Lipinski definition) is 0. The van der Waals surface area contributed by atoms with Gasteiger partial charge >= 0.3 is 0 Å². The molecule has 0 bridgehead atoms. The number of hydrogen-bond acceptors (Lipinski definition) is 2. The van der Waals surface area contributed by atoms with Crippen LogP contribution in [0.25, 0.3) is 0 Å². The van der Waals surface area contributed by atoms with E-state index in [1.54, 1.807) is 0 Å². The summed E-state index contributed by atoms with van der Waals surface area (Å²) >= 11 is 0. The molecule has 0 atom stereocenters. The SMILES string of the molecule is CCCCCCCCC(=N\c1ccc(CCC)c(CCC)c1)/C(CCCCCC)=N/c1ccc(CCC)c(CCC)c1.[Ni]. The van der Waals surface area contributed by atoms with Crippen molar-refractivity contribution in [1.29, 1.82) is 0 Å². The molecule has 0 heterocycles. The van der Waals surface area contributed by atoms with E-state index in [0.29, 0.717) is 0 Å². The number of aliphatic imine (C=N–C) groups is 2. The van der Waals surface area contributed by atoms with Gasteiger partial charge in [0.05, 0.1) is 22.8 Å². The predicted molar refractivity (Wildman–Crippen MR) is 190 cm³/mol. The normalized spacial score (nSPS) is 12.0. The van der Waals surface area contributed by atoms with Crippen LogP contribution >= 0.6 is 0 Å². The van der Waals surface area contributed by atoms with E-state index in [0.717, 1.165) is 49.9 Å². The molecule has 0 aromatic heterocycles. The van der Waals surface area contributed by atoms with E-state index in [4.69, 9.17) is 9.98 Å². The summed E-state index contributed by atoms with van der Waals surface area (Å²) in [6.45, 7) is 13.7. The Labute approximate surface area is 277 Å². The van der Waals surface area contributed by atoms with Gasteiger partial charge in [0.15, 0.2) is 0 Å². The van der Waals surface area contributed by atoms with Crippen LogP contribution in [0.4, 0.5) is 11.4 Å². The topological polar surface area (TPSA) is 24.7 Å². The molecular formula is C40H64N2Ni. The Balaban J connectivity index is 0.00000924. The average molecular weight is 632 g/mol. The van der Waals surface area contributed by atoms with E-state index in [2.05, 4.69) is 77.9 Å². The maximum Gasteiger partial charge on any atom is 0.0636 e. The Morgan fingerprint density at radius 1 is 0.419 bits per heavy atom. The summed E-state index contributed by atoms with van der Waals surface area (Å²) in [6.07, 6.45) is 24.2. The maximum atomic E-state index is 5.42. The third kappa shape index (κ3) is 15.2. The van der Waals surface area contributed by atoms with Crippen LogP contribution in [0, 0.1) is 0 Å². The zero-order valence-electron chi connectivity index (χ0n) is 28.8. The first-order valence-electron chi connectivity index (χ1n) is 18.0. The Hall–Kier alpha value is -1.73. The van der Waals surface area contributed by atoms with Crippen molar-refractivity contribution in [3.8, 4) is 0 Å². The van der Waals surface area contributed by atoms with Gasteiger partial charge in [0.1, 0.15) is 0 Å². The van der Waals surface area contributed by atoms with E-state index < -0.39 is 0 Å². The molecule has 0 aliphatic heterocycles. The molecule has 0 aliphatic carbocycles. The fourth-order valence-corrected chi connectivity index (χ4v) is 6.03. The fraction of sp³-hybridized carbons (Fsp3) is 0.650. The minimum absolute atomic E-state index is 0. The van der Waals surface area contributed by atoms with Gasteiger partial charge in [-0.05, 0) is 97.9 Å². The Morgan fingerprint density at radius 2 is 0.767 bits per heavy atom. The molecule has 2 rings (SSSR count). The van der Waals surface area contributed by atoms with Gasteiger partial charge in [0.2, 0.25) is 0 Å². The van der Waals surface area contributed by atoms with Crippen LogP contribution in [-0.2, 0) is 42.2 Å². The fourth-order valence-electron chi connectivity index (χ4n) is 6.03. The van der Waals surface area contributed by atoms with E-state index >= 15 is 0 Å². The molecule has 2 aromatic rings. The molecule has 0 fully saturated rings. The molecule has 0 amide bonds. The molecule has 43 heavy (non-hydrogen) atoms. The van der Waals surface area contributed by atoms with Crippen LogP contribution in [0.2, 0.25) is 0 Å². The molecule has 2 aromatic carbocycles. The molecule has 0 radical (unpaired) electrons. The maximum absolute atomic E-state index is 5.42. The summed E-state index contributed by atoms with van der Waals surface area (Å²) in [5, 5.41) is 0. The predicted octanol–water partition coefficient (Wildman–Crippen LogP) is 13.1. The summed E-state index contributed by atoms with van der Waals surface area (Å²) < 4.78 is 0. The molecule has 0 spiro atoms. The van der Waals surface area contributed by atoms with E-state index in [1.807, 2.05) is 0 Å². The van der Waals surface area contributed by atoms with Crippen molar-refractivity contribution in [2.45, 2.75) is 170 Å². The Morgan fingerprint density at radius 3 is 1.16 bits per heavy atom. The number of nitrogens with zero attached hydrogens (tertiary/aromatic N) is 2. The van der Waals surface area contributed by atoms with Gasteiger partial charge in [-0.15, -0.1) is 0 Å². The van der Waals surface area contributed by atoms with Crippen LogP contribution < -0.4 is 0 Å². The second-order valence-electron chi connectivity index (χ2n) is 12.4. The van der Waals surface area contributed by atoms with Gasteiger partial charge < -0.3 is 0 Å². The van der Waals surface area contributed by atoms with Crippen LogP contribution in [0.15, 0.2) is 46.4 Å². The second-order valence-corrected chi connectivity index (χ2v) is 12.4. The smallest absolute Gasteiger partial charge is 0.0636 e. The van der Waals surface area contributed by atoms with Crippen molar-refractivity contribution in [2.75, 3.05) is 0 Å². The van der Waals surface area contributed by atoms with Crippen molar-refractivity contribution in [3.63, 3.8) is 0 Å². The van der Waals surface area contributed by atoms with Gasteiger partial charge in [0.25, 0.3) is 0 Å². The summed E-state index contributed by atoms with van der Waals surface area (Å²) in [7, 11) is 0. The molecule has 0 aliphatic rings. The number of aryl methyl sites for hydroxylation is 4. The second kappa shape index (κ2) is 24.6. The largest absolute Gasteiger partial charge is 0.252 e. The van der Waals surface area contributed by atoms with E-state index in [-0.39, 0.29) is 16.5 Å². The number of unbranched alkanes of at least 4 members (excludes halogenated alkanes) is 8. The van der Waals surface area contributed by atoms with Crippen molar-refractivity contribution in [3.05, 3.63) is 58.7 Å². The molecular weight excluding hydrogens is 567 g/mol. The third-order valence-electron chi connectivity index (χ3n) is 8.35. The summed E-state index contributed by atoms with van der Waals surface area (Å²) in [4.78, 5) is 10.8. The standard InChI is InChI=1S/C40H64N2.Ni/c1-7-13-15-17-18-20-26-40(42-38-30-28-34(22-10-4)36(32-38)24-12-6)39(25-19-16-14-8-2)41-37-29-27-33(21-9-3)35(31-37)23-11-5;/h27-32H,7-26H2,1-6H3;/b41-39+,42-40+;. The minimum Gasteiger partial charge on any atom is -0.252 e. The van der Waals surface area contributed by atoms with Crippen molar-refractivity contribution in [1.82, 2.24) is 0 Å². The van der Waals surface area contributed by atoms with Gasteiger partial charge in [-0.2, -0.15) is 0 Å². The molecule has 0 saturated heterocycles.